The molecule has 8 heteroatoms. The van der Waals surface area contributed by atoms with Gasteiger partial charge in [0.1, 0.15) is 5.70 Å². The molecule has 0 saturated carbocycles. The molecule has 1 aromatic heterocycles. The van der Waals surface area contributed by atoms with E-state index in [0.29, 0.717) is 28.1 Å². The summed E-state index contributed by atoms with van der Waals surface area (Å²) in [5.41, 5.74) is 4.14. The van der Waals surface area contributed by atoms with Crippen molar-refractivity contribution in [1.82, 2.24) is 4.98 Å². The highest BCUT2D eigenvalue weighted by Crippen LogP contribution is 2.35. The molecule has 6 nitrogen and oxygen atoms in total. The third-order valence-electron chi connectivity index (χ3n) is 4.84. The van der Waals surface area contributed by atoms with Gasteiger partial charge in [0.25, 0.3) is 5.91 Å². The molecule has 0 bridgehead atoms. The molecule has 0 fully saturated rings. The highest BCUT2D eigenvalue weighted by atomic mass is 32.2. The molecular formula is C23H19N3O3S2. The Kier molecular flexibility index (Phi) is 5.25. The number of hydrogen-bond acceptors (Lipinski definition) is 7. The molecule has 3 heterocycles. The molecule has 0 atom stereocenters. The van der Waals surface area contributed by atoms with Crippen LogP contribution in [-0.2, 0) is 10.5 Å². The minimum atomic E-state index is -0.154. The lowest BCUT2D eigenvalue weighted by Crippen LogP contribution is -2.30. The topological polar surface area (TPSA) is 64.0 Å². The Hall–Kier alpha value is -3.10. The molecule has 5 rings (SSSR count). The van der Waals surface area contributed by atoms with Gasteiger partial charge in [-0.3, -0.25) is 9.69 Å². The van der Waals surface area contributed by atoms with E-state index in [-0.39, 0.29) is 12.7 Å². The van der Waals surface area contributed by atoms with Gasteiger partial charge in [-0.2, -0.15) is 0 Å². The van der Waals surface area contributed by atoms with Gasteiger partial charge in [0.2, 0.25) is 6.79 Å². The second-order valence-electron chi connectivity index (χ2n) is 7.16. The van der Waals surface area contributed by atoms with E-state index in [1.807, 2.05) is 61.7 Å². The molecule has 3 aromatic rings. The Morgan fingerprint density at radius 2 is 1.94 bits per heavy atom. The molecule has 0 aliphatic carbocycles. The van der Waals surface area contributed by atoms with E-state index in [4.69, 9.17) is 9.47 Å². The zero-order valence-corrected chi connectivity index (χ0v) is 18.6. The zero-order valence-electron chi connectivity index (χ0n) is 17.0. The second kappa shape index (κ2) is 8.20. The van der Waals surface area contributed by atoms with E-state index >= 15 is 0 Å². The third-order valence-corrected chi connectivity index (χ3v) is 6.63. The monoisotopic (exact) mass is 449 g/mol. The van der Waals surface area contributed by atoms with Crippen LogP contribution >= 0.6 is 23.1 Å². The van der Waals surface area contributed by atoms with Crippen molar-refractivity contribution in [3.8, 4) is 11.5 Å². The summed E-state index contributed by atoms with van der Waals surface area (Å²) in [5.74, 6) is 1.88. The number of hydrogen-bond donors (Lipinski definition) is 0. The Balaban J connectivity index is 1.47. The molecule has 2 aliphatic rings. The normalized spacial score (nSPS) is 16.3. The SMILES string of the molecule is Cc1ccc(N2C(=O)C(=Cc3ccc4c(c3)OCO4)N=C2SCc2csc(C)n2)cc1. The van der Waals surface area contributed by atoms with Crippen molar-refractivity contribution in [2.75, 3.05) is 11.7 Å². The first-order chi connectivity index (χ1) is 15.1. The summed E-state index contributed by atoms with van der Waals surface area (Å²) in [6.07, 6.45) is 1.78. The summed E-state index contributed by atoms with van der Waals surface area (Å²) in [4.78, 5) is 24.2. The second-order valence-corrected chi connectivity index (χ2v) is 9.16. The predicted molar refractivity (Wildman–Crippen MR) is 125 cm³/mol. The maximum absolute atomic E-state index is 13.3. The average Bonchev–Trinajstić information content (AvgIpc) is 3.47. The van der Waals surface area contributed by atoms with Crippen molar-refractivity contribution in [2.24, 2.45) is 4.99 Å². The van der Waals surface area contributed by atoms with Crippen LogP contribution in [0.25, 0.3) is 6.08 Å². The summed E-state index contributed by atoms with van der Waals surface area (Å²) >= 11 is 3.13. The minimum Gasteiger partial charge on any atom is -0.454 e. The highest BCUT2D eigenvalue weighted by molar-refractivity contribution is 8.13. The first-order valence-corrected chi connectivity index (χ1v) is 11.6. The van der Waals surface area contributed by atoms with Crippen LogP contribution in [0.3, 0.4) is 0 Å². The Morgan fingerprint density at radius 1 is 1.13 bits per heavy atom. The molecular weight excluding hydrogens is 430 g/mol. The fraction of sp³-hybridized carbons (Fsp3) is 0.174. The number of nitrogens with zero attached hydrogens (tertiary/aromatic N) is 3. The standard InChI is InChI=1S/C23H19N3O3S2/c1-14-3-6-18(7-4-14)26-22(27)19(9-16-5-8-20-21(10-16)29-13-28-20)25-23(26)31-12-17-11-30-15(2)24-17/h3-11H,12-13H2,1-2H3. The van der Waals surface area contributed by atoms with Gasteiger partial charge in [0, 0.05) is 11.1 Å². The van der Waals surface area contributed by atoms with Gasteiger partial charge in [-0.25, -0.2) is 9.98 Å². The van der Waals surface area contributed by atoms with Crippen LogP contribution in [0.1, 0.15) is 21.8 Å². The quantitative estimate of drug-likeness (QED) is 0.515. The maximum Gasteiger partial charge on any atom is 0.283 e. The maximum atomic E-state index is 13.3. The lowest BCUT2D eigenvalue weighted by molar-refractivity contribution is -0.113. The van der Waals surface area contributed by atoms with E-state index < -0.39 is 0 Å². The van der Waals surface area contributed by atoms with Gasteiger partial charge in [0.05, 0.1) is 16.4 Å². The van der Waals surface area contributed by atoms with Gasteiger partial charge >= 0.3 is 0 Å². The zero-order chi connectivity index (χ0) is 21.4. The molecule has 0 unspecified atom stereocenters. The van der Waals surface area contributed by atoms with Crippen LogP contribution in [0.2, 0.25) is 0 Å². The van der Waals surface area contributed by atoms with Gasteiger partial charge < -0.3 is 9.47 Å². The molecule has 1 amide bonds. The third kappa shape index (κ3) is 4.08. The number of ether oxygens (including phenoxy) is 2. The summed E-state index contributed by atoms with van der Waals surface area (Å²) in [5, 5.41) is 3.71. The Labute approximate surface area is 188 Å². The fourth-order valence-electron chi connectivity index (χ4n) is 3.29. The number of aryl methyl sites for hydroxylation is 2. The van der Waals surface area contributed by atoms with E-state index in [0.717, 1.165) is 27.5 Å². The summed E-state index contributed by atoms with van der Waals surface area (Å²) in [6.45, 7) is 4.22. The van der Waals surface area contributed by atoms with Crippen molar-refractivity contribution < 1.29 is 14.3 Å². The number of carbonyl (C=O) groups excluding carboxylic acids is 1. The minimum absolute atomic E-state index is 0.154. The number of rotatable bonds is 4. The summed E-state index contributed by atoms with van der Waals surface area (Å²) in [7, 11) is 0. The molecule has 2 aliphatic heterocycles. The first kappa shape index (κ1) is 19.8. The van der Waals surface area contributed by atoms with Crippen molar-refractivity contribution >= 4 is 45.9 Å². The van der Waals surface area contributed by atoms with Gasteiger partial charge in [-0.1, -0.05) is 35.5 Å². The molecule has 2 aromatic carbocycles. The number of benzene rings is 2. The Morgan fingerprint density at radius 3 is 2.71 bits per heavy atom. The molecule has 156 valence electrons. The molecule has 0 spiro atoms. The van der Waals surface area contributed by atoms with Gasteiger partial charge in [0.15, 0.2) is 16.7 Å². The smallest absolute Gasteiger partial charge is 0.283 e. The Bertz CT molecular complexity index is 1220. The van der Waals surface area contributed by atoms with E-state index in [2.05, 4.69) is 9.98 Å². The number of thioether (sulfide) groups is 1. The fourth-order valence-corrected chi connectivity index (χ4v) is 4.91. The number of carbonyl (C=O) groups is 1. The van der Waals surface area contributed by atoms with E-state index in [9.17, 15) is 4.79 Å². The number of aromatic nitrogens is 1. The van der Waals surface area contributed by atoms with E-state index in [1.54, 1.807) is 22.3 Å². The number of anilines is 1. The number of amidine groups is 1. The molecule has 31 heavy (non-hydrogen) atoms. The average molecular weight is 450 g/mol. The highest BCUT2D eigenvalue weighted by Gasteiger charge is 2.32. The van der Waals surface area contributed by atoms with Crippen LogP contribution in [0.5, 0.6) is 11.5 Å². The number of amides is 1. The van der Waals surface area contributed by atoms with Crippen LogP contribution < -0.4 is 14.4 Å². The summed E-state index contributed by atoms with van der Waals surface area (Å²) < 4.78 is 10.8. The van der Waals surface area contributed by atoms with Crippen LogP contribution in [0.15, 0.2) is 58.5 Å². The number of aliphatic imine (C=N–C) groups is 1. The lowest BCUT2D eigenvalue weighted by atomic mass is 10.1. The van der Waals surface area contributed by atoms with Crippen LogP contribution in [0.4, 0.5) is 5.69 Å². The summed E-state index contributed by atoms with van der Waals surface area (Å²) in [6, 6.07) is 13.5. The van der Waals surface area contributed by atoms with Gasteiger partial charge in [-0.05, 0) is 49.8 Å². The predicted octanol–water partition coefficient (Wildman–Crippen LogP) is 5.17. The lowest BCUT2D eigenvalue weighted by Gasteiger charge is -2.17. The van der Waals surface area contributed by atoms with Crippen molar-refractivity contribution in [2.45, 2.75) is 19.6 Å². The van der Waals surface area contributed by atoms with E-state index in [1.165, 1.54) is 11.8 Å². The largest absolute Gasteiger partial charge is 0.454 e. The van der Waals surface area contributed by atoms with Crippen LogP contribution in [0, 0.1) is 13.8 Å². The van der Waals surface area contributed by atoms with Gasteiger partial charge in [-0.15, -0.1) is 11.3 Å². The molecule has 0 radical (unpaired) electrons. The number of thiazole rings is 1. The number of fused-ring (bicyclic) bond motifs is 1. The van der Waals surface area contributed by atoms with Crippen molar-refractivity contribution in [3.63, 3.8) is 0 Å². The molecule has 0 N–H and O–H groups in total. The van der Waals surface area contributed by atoms with Crippen molar-refractivity contribution in [3.05, 3.63) is 75.4 Å². The first-order valence-electron chi connectivity index (χ1n) is 9.72. The van der Waals surface area contributed by atoms with Crippen LogP contribution in [-0.4, -0.2) is 22.9 Å². The van der Waals surface area contributed by atoms with Crippen molar-refractivity contribution in [1.29, 1.82) is 0 Å². The molecule has 0 saturated heterocycles.